The van der Waals surface area contributed by atoms with Crippen molar-refractivity contribution in [1.82, 2.24) is 4.98 Å². The van der Waals surface area contributed by atoms with Crippen LogP contribution in [0, 0.1) is 11.3 Å². The van der Waals surface area contributed by atoms with Crippen LogP contribution in [-0.2, 0) is 4.74 Å². The Morgan fingerprint density at radius 3 is 2.86 bits per heavy atom. The van der Waals surface area contributed by atoms with E-state index in [4.69, 9.17) is 10.00 Å². The second-order valence-electron chi connectivity index (χ2n) is 3.07. The van der Waals surface area contributed by atoms with Crippen molar-refractivity contribution in [1.29, 1.82) is 5.26 Å². The number of rotatable bonds is 1. The van der Waals surface area contributed by atoms with Gasteiger partial charge in [-0.25, -0.2) is 4.98 Å². The van der Waals surface area contributed by atoms with Crippen molar-refractivity contribution in [2.24, 2.45) is 0 Å². The highest BCUT2D eigenvalue weighted by molar-refractivity contribution is 7.10. The van der Waals surface area contributed by atoms with E-state index in [1.54, 1.807) is 5.51 Å². The fraction of sp³-hybridized carbons (Fsp3) is 0.556. The average molecular weight is 231 g/mol. The molecule has 5 heteroatoms. The fourth-order valence-electron chi connectivity index (χ4n) is 1.60. The molecule has 0 radical (unpaired) electrons. The van der Waals surface area contributed by atoms with Gasteiger partial charge in [0, 0.05) is 19.1 Å². The molecule has 3 nitrogen and oxygen atoms in total. The molecular formula is C9H11ClN2OS. The summed E-state index contributed by atoms with van der Waals surface area (Å²) in [6, 6.07) is 2.19. The second-order valence-corrected chi connectivity index (χ2v) is 3.92. The van der Waals surface area contributed by atoms with Crippen LogP contribution in [-0.4, -0.2) is 18.2 Å². The molecule has 1 aromatic heterocycles. The molecule has 1 aliphatic rings. The van der Waals surface area contributed by atoms with Gasteiger partial charge in [-0.2, -0.15) is 5.26 Å². The summed E-state index contributed by atoms with van der Waals surface area (Å²) in [4.78, 5) is 5.02. The fourth-order valence-corrected chi connectivity index (χ4v) is 2.26. The highest BCUT2D eigenvalue weighted by Crippen LogP contribution is 2.29. The third-order valence-corrected chi connectivity index (χ3v) is 3.05. The smallest absolute Gasteiger partial charge is 0.128 e. The SMILES string of the molecule is Cl.N#Cc1scnc1C1CCOCC1. The van der Waals surface area contributed by atoms with Crippen molar-refractivity contribution in [3.63, 3.8) is 0 Å². The normalized spacial score (nSPS) is 17.1. The average Bonchev–Trinajstić information content (AvgIpc) is 2.67. The van der Waals surface area contributed by atoms with E-state index in [-0.39, 0.29) is 12.4 Å². The molecule has 0 unspecified atom stereocenters. The minimum absolute atomic E-state index is 0. The predicted octanol–water partition coefficient (Wildman–Crippen LogP) is 2.33. The minimum Gasteiger partial charge on any atom is -0.381 e. The number of halogens is 1. The first-order valence-corrected chi connectivity index (χ1v) is 5.21. The van der Waals surface area contributed by atoms with Crippen molar-refractivity contribution in [3.8, 4) is 6.07 Å². The molecule has 0 atom stereocenters. The molecule has 0 N–H and O–H groups in total. The Bertz CT molecular complexity index is 328. The van der Waals surface area contributed by atoms with Gasteiger partial charge in [0.25, 0.3) is 0 Å². The monoisotopic (exact) mass is 230 g/mol. The van der Waals surface area contributed by atoms with E-state index >= 15 is 0 Å². The van der Waals surface area contributed by atoms with Crippen LogP contribution in [0.2, 0.25) is 0 Å². The third kappa shape index (κ3) is 2.24. The maximum absolute atomic E-state index is 8.83. The number of hydrogen-bond donors (Lipinski definition) is 0. The van der Waals surface area contributed by atoms with Crippen molar-refractivity contribution < 1.29 is 4.74 Å². The van der Waals surface area contributed by atoms with Crippen molar-refractivity contribution in [2.45, 2.75) is 18.8 Å². The molecule has 0 saturated carbocycles. The third-order valence-electron chi connectivity index (χ3n) is 2.30. The van der Waals surface area contributed by atoms with E-state index in [9.17, 15) is 0 Å². The summed E-state index contributed by atoms with van der Waals surface area (Å²) in [7, 11) is 0. The van der Waals surface area contributed by atoms with E-state index in [2.05, 4.69) is 11.1 Å². The summed E-state index contributed by atoms with van der Waals surface area (Å²) in [5.74, 6) is 0.439. The van der Waals surface area contributed by atoms with Crippen molar-refractivity contribution >= 4 is 23.7 Å². The Morgan fingerprint density at radius 2 is 2.21 bits per heavy atom. The first kappa shape index (κ1) is 11.4. The van der Waals surface area contributed by atoms with E-state index in [0.717, 1.165) is 36.6 Å². The Balaban J connectivity index is 0.000000980. The molecular weight excluding hydrogens is 220 g/mol. The molecule has 1 aromatic rings. The van der Waals surface area contributed by atoms with Crippen LogP contribution >= 0.6 is 23.7 Å². The zero-order valence-electron chi connectivity index (χ0n) is 7.60. The quantitative estimate of drug-likeness (QED) is 0.744. The summed E-state index contributed by atoms with van der Waals surface area (Å²) in [5, 5.41) is 8.83. The standard InChI is InChI=1S/C9H10N2OS.ClH/c10-5-8-9(11-6-13-8)7-1-3-12-4-2-7;/h6-7H,1-4H2;1H. The van der Waals surface area contributed by atoms with Gasteiger partial charge in [-0.1, -0.05) is 0 Å². The largest absolute Gasteiger partial charge is 0.381 e. The van der Waals surface area contributed by atoms with Gasteiger partial charge in [-0.3, -0.25) is 0 Å². The van der Waals surface area contributed by atoms with Gasteiger partial charge in [-0.05, 0) is 12.8 Å². The topological polar surface area (TPSA) is 45.9 Å². The van der Waals surface area contributed by atoms with Gasteiger partial charge >= 0.3 is 0 Å². The number of hydrogen-bond acceptors (Lipinski definition) is 4. The van der Waals surface area contributed by atoms with E-state index in [1.807, 2.05) is 0 Å². The zero-order chi connectivity index (χ0) is 9.10. The molecule has 2 rings (SSSR count). The lowest BCUT2D eigenvalue weighted by Crippen LogP contribution is -2.14. The molecule has 76 valence electrons. The van der Waals surface area contributed by atoms with Gasteiger partial charge in [0.05, 0.1) is 11.2 Å². The van der Waals surface area contributed by atoms with Gasteiger partial charge in [-0.15, -0.1) is 23.7 Å². The molecule has 1 aliphatic heterocycles. The highest BCUT2D eigenvalue weighted by atomic mass is 35.5. The summed E-state index contributed by atoms with van der Waals surface area (Å²) in [6.07, 6.45) is 2.00. The van der Waals surface area contributed by atoms with Crippen molar-refractivity contribution in [3.05, 3.63) is 16.1 Å². The first-order valence-electron chi connectivity index (χ1n) is 4.33. The Morgan fingerprint density at radius 1 is 1.50 bits per heavy atom. The maximum Gasteiger partial charge on any atom is 0.128 e. The lowest BCUT2D eigenvalue weighted by Gasteiger charge is -2.20. The van der Waals surface area contributed by atoms with Crippen LogP contribution in [0.1, 0.15) is 29.3 Å². The Hall–Kier alpha value is -0.630. The number of aromatic nitrogens is 1. The lowest BCUT2D eigenvalue weighted by atomic mass is 9.96. The summed E-state index contributed by atoms with van der Waals surface area (Å²) in [6.45, 7) is 1.60. The molecule has 0 aliphatic carbocycles. The van der Waals surface area contributed by atoms with Crippen LogP contribution in [0.4, 0.5) is 0 Å². The van der Waals surface area contributed by atoms with Crippen LogP contribution in [0.3, 0.4) is 0 Å². The van der Waals surface area contributed by atoms with Gasteiger partial charge in [0.2, 0.25) is 0 Å². The van der Waals surface area contributed by atoms with Gasteiger partial charge in [0.1, 0.15) is 10.9 Å². The van der Waals surface area contributed by atoms with E-state index < -0.39 is 0 Å². The van der Waals surface area contributed by atoms with E-state index in [1.165, 1.54) is 11.3 Å². The van der Waals surface area contributed by atoms with Crippen LogP contribution in [0.5, 0.6) is 0 Å². The minimum atomic E-state index is 0. The first-order chi connectivity index (χ1) is 6.42. The van der Waals surface area contributed by atoms with Crippen LogP contribution in [0.25, 0.3) is 0 Å². The van der Waals surface area contributed by atoms with Crippen LogP contribution < -0.4 is 0 Å². The lowest BCUT2D eigenvalue weighted by molar-refractivity contribution is 0.0846. The Kier molecular flexibility index (Phi) is 4.33. The number of thiazole rings is 1. The number of nitriles is 1. The van der Waals surface area contributed by atoms with E-state index in [0.29, 0.717) is 5.92 Å². The predicted molar refractivity (Wildman–Crippen MR) is 56.9 cm³/mol. The summed E-state index contributed by atoms with van der Waals surface area (Å²) in [5.41, 5.74) is 2.74. The number of ether oxygens (including phenoxy) is 1. The Labute approximate surface area is 93.1 Å². The molecule has 1 saturated heterocycles. The van der Waals surface area contributed by atoms with Crippen molar-refractivity contribution in [2.75, 3.05) is 13.2 Å². The molecule has 0 amide bonds. The summed E-state index contributed by atoms with van der Waals surface area (Å²) < 4.78 is 5.26. The highest BCUT2D eigenvalue weighted by Gasteiger charge is 2.20. The maximum atomic E-state index is 8.83. The van der Waals surface area contributed by atoms with Gasteiger partial charge in [0.15, 0.2) is 0 Å². The molecule has 0 aromatic carbocycles. The molecule has 0 spiro atoms. The second kappa shape index (κ2) is 5.30. The molecule has 14 heavy (non-hydrogen) atoms. The zero-order valence-corrected chi connectivity index (χ0v) is 9.24. The molecule has 1 fully saturated rings. The number of nitrogens with zero attached hydrogens (tertiary/aromatic N) is 2. The van der Waals surface area contributed by atoms with Crippen LogP contribution in [0.15, 0.2) is 5.51 Å². The summed E-state index contributed by atoms with van der Waals surface area (Å²) >= 11 is 1.43. The molecule has 0 bridgehead atoms. The molecule has 2 heterocycles. The van der Waals surface area contributed by atoms with Gasteiger partial charge < -0.3 is 4.74 Å².